The average Bonchev–Trinajstić information content (AvgIpc) is 2.20. The summed E-state index contributed by atoms with van der Waals surface area (Å²) in [6, 6.07) is 0.491. The molecule has 0 saturated heterocycles. The lowest BCUT2D eigenvalue weighted by atomic mass is 9.98. The Bertz CT molecular complexity index is 366. The fourth-order valence-electron chi connectivity index (χ4n) is 1.06. The average molecular weight is 232 g/mol. The molecule has 1 heterocycles. The number of pyridine rings is 1. The molecule has 1 aromatic rings. The summed E-state index contributed by atoms with van der Waals surface area (Å²) in [6.45, 7) is 6.50. The Balaban J connectivity index is 2.71. The summed E-state index contributed by atoms with van der Waals surface area (Å²) in [5, 5.41) is 2.67. The Morgan fingerprint density at radius 3 is 2.38 bits per heavy atom. The van der Waals surface area contributed by atoms with Gasteiger partial charge in [0, 0.05) is 12.6 Å². The SMILES string of the molecule is CC(C)C(C)CNc1nc(F)c(F)cc1F. The Labute approximate surface area is 92.9 Å². The van der Waals surface area contributed by atoms with Gasteiger partial charge < -0.3 is 5.32 Å². The number of aromatic nitrogens is 1. The van der Waals surface area contributed by atoms with Crippen LogP contribution < -0.4 is 5.32 Å². The van der Waals surface area contributed by atoms with Crippen molar-refractivity contribution in [2.24, 2.45) is 11.8 Å². The minimum atomic E-state index is -1.29. The van der Waals surface area contributed by atoms with Crippen molar-refractivity contribution in [2.45, 2.75) is 20.8 Å². The van der Waals surface area contributed by atoms with Crippen molar-refractivity contribution >= 4 is 5.82 Å². The van der Waals surface area contributed by atoms with Gasteiger partial charge in [-0.3, -0.25) is 0 Å². The van der Waals surface area contributed by atoms with Crippen LogP contribution in [0.4, 0.5) is 19.0 Å². The molecule has 1 unspecified atom stereocenters. The van der Waals surface area contributed by atoms with E-state index in [1.807, 2.05) is 20.8 Å². The summed E-state index contributed by atoms with van der Waals surface area (Å²) in [5.41, 5.74) is 0. The van der Waals surface area contributed by atoms with E-state index in [4.69, 9.17) is 0 Å². The molecule has 5 heteroatoms. The predicted molar refractivity (Wildman–Crippen MR) is 56.6 cm³/mol. The predicted octanol–water partition coefficient (Wildman–Crippen LogP) is 3.20. The minimum absolute atomic E-state index is 0.244. The normalized spacial score (nSPS) is 12.9. The molecule has 2 nitrogen and oxygen atoms in total. The van der Waals surface area contributed by atoms with Crippen LogP contribution in [-0.2, 0) is 0 Å². The molecule has 0 aliphatic carbocycles. The zero-order chi connectivity index (χ0) is 12.3. The fraction of sp³-hybridized carbons (Fsp3) is 0.545. The highest BCUT2D eigenvalue weighted by atomic mass is 19.2. The molecule has 1 rings (SSSR count). The molecule has 0 amide bonds. The van der Waals surface area contributed by atoms with Gasteiger partial charge in [-0.1, -0.05) is 20.8 Å². The lowest BCUT2D eigenvalue weighted by molar-refractivity contribution is 0.435. The van der Waals surface area contributed by atoms with Crippen LogP contribution in [0.3, 0.4) is 0 Å². The van der Waals surface area contributed by atoms with E-state index in [0.717, 1.165) is 0 Å². The Morgan fingerprint density at radius 2 is 1.81 bits per heavy atom. The molecule has 16 heavy (non-hydrogen) atoms. The van der Waals surface area contributed by atoms with Crippen molar-refractivity contribution in [3.63, 3.8) is 0 Å². The van der Waals surface area contributed by atoms with Gasteiger partial charge in [-0.15, -0.1) is 0 Å². The third-order valence-corrected chi connectivity index (χ3v) is 2.62. The van der Waals surface area contributed by atoms with E-state index in [0.29, 0.717) is 18.5 Å². The summed E-state index contributed by atoms with van der Waals surface area (Å²) < 4.78 is 38.5. The van der Waals surface area contributed by atoms with Crippen LogP contribution in [0.5, 0.6) is 0 Å². The van der Waals surface area contributed by atoms with Crippen LogP contribution in [0.2, 0.25) is 0 Å². The van der Waals surface area contributed by atoms with Crippen LogP contribution in [0, 0.1) is 29.4 Å². The third-order valence-electron chi connectivity index (χ3n) is 2.62. The van der Waals surface area contributed by atoms with Gasteiger partial charge in [-0.05, 0) is 11.8 Å². The van der Waals surface area contributed by atoms with Crippen LogP contribution >= 0.6 is 0 Å². The maximum absolute atomic E-state index is 13.2. The molecular formula is C11H15F3N2. The molecule has 1 N–H and O–H groups in total. The van der Waals surface area contributed by atoms with Crippen molar-refractivity contribution in [2.75, 3.05) is 11.9 Å². The topological polar surface area (TPSA) is 24.9 Å². The van der Waals surface area contributed by atoms with E-state index in [9.17, 15) is 13.2 Å². The first-order valence-corrected chi connectivity index (χ1v) is 5.17. The van der Waals surface area contributed by atoms with Gasteiger partial charge in [0.05, 0.1) is 0 Å². The molecule has 0 bridgehead atoms. The second-order valence-electron chi connectivity index (χ2n) is 4.19. The molecule has 0 aromatic carbocycles. The first-order chi connectivity index (χ1) is 7.41. The molecule has 90 valence electrons. The maximum Gasteiger partial charge on any atom is 0.251 e. The first-order valence-electron chi connectivity index (χ1n) is 5.17. The van der Waals surface area contributed by atoms with Crippen molar-refractivity contribution in [1.82, 2.24) is 4.98 Å². The number of nitrogens with one attached hydrogen (secondary N) is 1. The lowest BCUT2D eigenvalue weighted by Crippen LogP contribution is -2.18. The number of rotatable bonds is 4. The molecule has 0 radical (unpaired) electrons. The minimum Gasteiger partial charge on any atom is -0.367 e. The Morgan fingerprint density at radius 1 is 1.19 bits per heavy atom. The van der Waals surface area contributed by atoms with Crippen LogP contribution in [0.25, 0.3) is 0 Å². The highest BCUT2D eigenvalue weighted by Gasteiger charge is 2.13. The van der Waals surface area contributed by atoms with Crippen molar-refractivity contribution in [1.29, 1.82) is 0 Å². The van der Waals surface area contributed by atoms with Crippen molar-refractivity contribution < 1.29 is 13.2 Å². The monoisotopic (exact) mass is 232 g/mol. The molecule has 1 aromatic heterocycles. The second-order valence-corrected chi connectivity index (χ2v) is 4.19. The number of hydrogen-bond acceptors (Lipinski definition) is 2. The van der Waals surface area contributed by atoms with E-state index in [1.165, 1.54) is 0 Å². The summed E-state index contributed by atoms with van der Waals surface area (Å²) in [6.07, 6.45) is 0. The van der Waals surface area contributed by atoms with Gasteiger partial charge >= 0.3 is 0 Å². The van der Waals surface area contributed by atoms with E-state index >= 15 is 0 Å². The van der Waals surface area contributed by atoms with Gasteiger partial charge in [0.25, 0.3) is 5.95 Å². The standard InChI is InChI=1S/C11H15F3N2/c1-6(2)7(3)5-15-11-9(13)4-8(12)10(14)16-11/h4,6-7H,5H2,1-3H3,(H,15,16). The number of anilines is 1. The highest BCUT2D eigenvalue weighted by molar-refractivity contribution is 5.36. The molecule has 0 spiro atoms. The molecule has 1 atom stereocenters. The van der Waals surface area contributed by atoms with Crippen molar-refractivity contribution in [3.05, 3.63) is 23.6 Å². The second kappa shape index (κ2) is 5.18. The first kappa shape index (κ1) is 12.8. The number of hydrogen-bond donors (Lipinski definition) is 1. The Hall–Kier alpha value is -1.26. The summed E-state index contributed by atoms with van der Waals surface area (Å²) in [5.74, 6) is -2.99. The highest BCUT2D eigenvalue weighted by Crippen LogP contribution is 2.16. The largest absolute Gasteiger partial charge is 0.367 e. The summed E-state index contributed by atoms with van der Waals surface area (Å²) in [7, 11) is 0. The third kappa shape index (κ3) is 3.12. The fourth-order valence-corrected chi connectivity index (χ4v) is 1.06. The van der Waals surface area contributed by atoms with Crippen LogP contribution in [-0.4, -0.2) is 11.5 Å². The van der Waals surface area contributed by atoms with E-state index in [2.05, 4.69) is 10.3 Å². The van der Waals surface area contributed by atoms with Gasteiger partial charge in [0.15, 0.2) is 17.5 Å². The smallest absolute Gasteiger partial charge is 0.251 e. The zero-order valence-electron chi connectivity index (χ0n) is 9.52. The van der Waals surface area contributed by atoms with E-state index < -0.39 is 17.6 Å². The number of halogens is 3. The van der Waals surface area contributed by atoms with Gasteiger partial charge in [0.2, 0.25) is 0 Å². The summed E-state index contributed by atoms with van der Waals surface area (Å²) in [4.78, 5) is 3.18. The molecular weight excluding hydrogens is 217 g/mol. The summed E-state index contributed by atoms with van der Waals surface area (Å²) >= 11 is 0. The van der Waals surface area contributed by atoms with Crippen LogP contribution in [0.15, 0.2) is 6.07 Å². The Kier molecular flexibility index (Phi) is 4.15. The maximum atomic E-state index is 13.2. The molecule has 0 aliphatic rings. The van der Waals surface area contributed by atoms with Crippen molar-refractivity contribution in [3.8, 4) is 0 Å². The van der Waals surface area contributed by atoms with E-state index in [1.54, 1.807) is 0 Å². The van der Waals surface area contributed by atoms with E-state index in [-0.39, 0.29) is 11.7 Å². The van der Waals surface area contributed by atoms with Crippen LogP contribution in [0.1, 0.15) is 20.8 Å². The van der Waals surface area contributed by atoms with Gasteiger partial charge in [-0.2, -0.15) is 9.37 Å². The quantitative estimate of drug-likeness (QED) is 0.806. The lowest BCUT2D eigenvalue weighted by Gasteiger charge is -2.16. The van der Waals surface area contributed by atoms with Gasteiger partial charge in [-0.25, -0.2) is 8.78 Å². The molecule has 0 aliphatic heterocycles. The molecule has 0 fully saturated rings. The number of nitrogens with zero attached hydrogens (tertiary/aromatic N) is 1. The molecule has 0 saturated carbocycles. The van der Waals surface area contributed by atoms with Gasteiger partial charge in [0.1, 0.15) is 0 Å². The zero-order valence-corrected chi connectivity index (χ0v) is 9.52.